The molecule has 2 saturated heterocycles. The Kier molecular flexibility index (Phi) is 3.82. The maximum absolute atomic E-state index is 11.8. The Labute approximate surface area is 97.8 Å². The van der Waals surface area contributed by atoms with E-state index in [1.165, 1.54) is 19.4 Å². The largest absolute Gasteiger partial charge is 0.341 e. The maximum atomic E-state index is 11.8. The van der Waals surface area contributed by atoms with Crippen molar-refractivity contribution in [2.24, 2.45) is 11.7 Å². The average molecular weight is 225 g/mol. The van der Waals surface area contributed by atoms with Gasteiger partial charge in [-0.15, -0.1) is 0 Å². The van der Waals surface area contributed by atoms with Gasteiger partial charge in [-0.2, -0.15) is 0 Å². The number of carbonyl (C=O) groups is 1. The van der Waals surface area contributed by atoms with Crippen molar-refractivity contribution in [3.8, 4) is 0 Å². The first-order valence-corrected chi connectivity index (χ1v) is 6.46. The molecule has 0 radical (unpaired) electrons. The highest BCUT2D eigenvalue weighted by Gasteiger charge is 2.32. The molecule has 1 amide bonds. The first-order chi connectivity index (χ1) is 7.74. The summed E-state index contributed by atoms with van der Waals surface area (Å²) in [4.78, 5) is 16.3. The highest BCUT2D eigenvalue weighted by Crippen LogP contribution is 2.22. The molecule has 0 bridgehead atoms. The highest BCUT2D eigenvalue weighted by atomic mass is 16.2. The average Bonchev–Trinajstić information content (AvgIpc) is 2.86. The third kappa shape index (κ3) is 2.38. The zero-order chi connectivity index (χ0) is 11.5. The third-order valence-corrected chi connectivity index (χ3v) is 3.96. The summed E-state index contributed by atoms with van der Waals surface area (Å²) >= 11 is 0. The number of hydrogen-bond acceptors (Lipinski definition) is 3. The molecule has 0 aromatic carbocycles. The van der Waals surface area contributed by atoms with Crippen molar-refractivity contribution in [1.29, 1.82) is 0 Å². The fraction of sp³-hybridized carbons (Fsp3) is 0.917. The molecule has 0 saturated carbocycles. The number of likely N-dealkylation sites (tertiary alicyclic amines) is 2. The van der Waals surface area contributed by atoms with Crippen LogP contribution >= 0.6 is 0 Å². The lowest BCUT2D eigenvalue weighted by Crippen LogP contribution is -2.41. The molecule has 0 aromatic heterocycles. The number of rotatable bonds is 4. The monoisotopic (exact) mass is 225 g/mol. The topological polar surface area (TPSA) is 49.6 Å². The predicted octanol–water partition coefficient (Wildman–Crippen LogP) is 0.278. The normalized spacial score (nSPS) is 31.6. The lowest BCUT2D eigenvalue weighted by molar-refractivity contribution is -0.128. The summed E-state index contributed by atoms with van der Waals surface area (Å²) in [5.41, 5.74) is 5.63. The summed E-state index contributed by atoms with van der Waals surface area (Å²) in [6.07, 6.45) is 3.18. The Bertz CT molecular complexity index is 257. The van der Waals surface area contributed by atoms with Crippen molar-refractivity contribution < 1.29 is 4.79 Å². The quantitative estimate of drug-likeness (QED) is 0.747. The molecule has 0 aliphatic carbocycles. The SMILES string of the molecule is CCN1CCCC1CN1CC(CN)CC1=O. The van der Waals surface area contributed by atoms with Gasteiger partial charge in [0.05, 0.1) is 0 Å². The molecule has 2 fully saturated rings. The molecular weight excluding hydrogens is 202 g/mol. The molecule has 2 aliphatic rings. The standard InChI is InChI=1S/C12H23N3O/c1-2-14-5-3-4-11(14)9-15-8-10(7-13)6-12(15)16/h10-11H,2-9,13H2,1H3. The van der Waals surface area contributed by atoms with Crippen molar-refractivity contribution in [3.05, 3.63) is 0 Å². The second kappa shape index (κ2) is 5.15. The number of nitrogens with zero attached hydrogens (tertiary/aromatic N) is 2. The van der Waals surface area contributed by atoms with Crippen molar-refractivity contribution in [1.82, 2.24) is 9.80 Å². The van der Waals surface area contributed by atoms with E-state index in [0.29, 0.717) is 30.8 Å². The number of likely N-dealkylation sites (N-methyl/N-ethyl adjacent to an activating group) is 1. The molecule has 2 heterocycles. The summed E-state index contributed by atoms with van der Waals surface area (Å²) < 4.78 is 0. The highest BCUT2D eigenvalue weighted by molar-refractivity contribution is 5.78. The van der Waals surface area contributed by atoms with Crippen LogP contribution in [0.4, 0.5) is 0 Å². The van der Waals surface area contributed by atoms with E-state index in [1.807, 2.05) is 4.90 Å². The molecule has 16 heavy (non-hydrogen) atoms. The van der Waals surface area contributed by atoms with Gasteiger partial charge < -0.3 is 10.6 Å². The van der Waals surface area contributed by atoms with Crippen LogP contribution in [0, 0.1) is 5.92 Å². The second-order valence-corrected chi connectivity index (χ2v) is 5.03. The van der Waals surface area contributed by atoms with Gasteiger partial charge in [-0.3, -0.25) is 9.69 Å². The molecule has 2 unspecified atom stereocenters. The zero-order valence-corrected chi connectivity index (χ0v) is 10.2. The first-order valence-electron chi connectivity index (χ1n) is 6.46. The van der Waals surface area contributed by atoms with Crippen molar-refractivity contribution in [3.63, 3.8) is 0 Å². The van der Waals surface area contributed by atoms with E-state index >= 15 is 0 Å². The Morgan fingerprint density at radius 3 is 2.94 bits per heavy atom. The Balaban J connectivity index is 1.87. The molecule has 4 nitrogen and oxygen atoms in total. The smallest absolute Gasteiger partial charge is 0.223 e. The molecular formula is C12H23N3O. The van der Waals surface area contributed by atoms with Gasteiger partial charge in [0, 0.05) is 25.6 Å². The molecule has 0 aromatic rings. The maximum Gasteiger partial charge on any atom is 0.223 e. The van der Waals surface area contributed by atoms with E-state index in [4.69, 9.17) is 5.73 Å². The fourth-order valence-electron chi connectivity index (χ4n) is 2.96. The molecule has 2 aliphatic heterocycles. The minimum absolute atomic E-state index is 0.304. The van der Waals surface area contributed by atoms with Gasteiger partial charge >= 0.3 is 0 Å². The molecule has 2 N–H and O–H groups in total. The summed E-state index contributed by atoms with van der Waals surface area (Å²) in [6.45, 7) is 6.94. The van der Waals surface area contributed by atoms with Gasteiger partial charge in [0.25, 0.3) is 0 Å². The van der Waals surface area contributed by atoms with Crippen LogP contribution in [0.25, 0.3) is 0 Å². The summed E-state index contributed by atoms with van der Waals surface area (Å²) in [6, 6.07) is 0.588. The van der Waals surface area contributed by atoms with Crippen LogP contribution in [0.5, 0.6) is 0 Å². The van der Waals surface area contributed by atoms with Crippen LogP contribution in [0.1, 0.15) is 26.2 Å². The van der Waals surface area contributed by atoms with E-state index < -0.39 is 0 Å². The fourth-order valence-corrected chi connectivity index (χ4v) is 2.96. The van der Waals surface area contributed by atoms with Gasteiger partial charge in [0.1, 0.15) is 0 Å². The van der Waals surface area contributed by atoms with Crippen LogP contribution < -0.4 is 5.73 Å². The lowest BCUT2D eigenvalue weighted by Gasteiger charge is -2.27. The number of amides is 1. The van der Waals surface area contributed by atoms with Crippen LogP contribution in [0.15, 0.2) is 0 Å². The Hall–Kier alpha value is -0.610. The van der Waals surface area contributed by atoms with E-state index in [1.54, 1.807) is 0 Å². The molecule has 92 valence electrons. The second-order valence-electron chi connectivity index (χ2n) is 5.03. The van der Waals surface area contributed by atoms with E-state index in [9.17, 15) is 4.79 Å². The molecule has 0 spiro atoms. The number of hydrogen-bond donors (Lipinski definition) is 1. The molecule has 2 rings (SSSR count). The van der Waals surface area contributed by atoms with Crippen LogP contribution in [0.2, 0.25) is 0 Å². The Morgan fingerprint density at radius 2 is 2.31 bits per heavy atom. The molecule has 2 atom stereocenters. The zero-order valence-electron chi connectivity index (χ0n) is 10.2. The van der Waals surface area contributed by atoms with Crippen LogP contribution in [0.3, 0.4) is 0 Å². The van der Waals surface area contributed by atoms with Crippen LogP contribution in [-0.2, 0) is 4.79 Å². The molecule has 4 heteroatoms. The first kappa shape index (κ1) is 11.9. The van der Waals surface area contributed by atoms with Gasteiger partial charge in [-0.1, -0.05) is 6.92 Å². The van der Waals surface area contributed by atoms with Gasteiger partial charge in [-0.25, -0.2) is 0 Å². The minimum atomic E-state index is 0.304. The van der Waals surface area contributed by atoms with Gasteiger partial charge in [0.15, 0.2) is 0 Å². The van der Waals surface area contributed by atoms with E-state index in [-0.39, 0.29) is 0 Å². The van der Waals surface area contributed by atoms with Crippen molar-refractivity contribution in [2.45, 2.75) is 32.2 Å². The number of carbonyl (C=O) groups excluding carboxylic acids is 1. The minimum Gasteiger partial charge on any atom is -0.341 e. The Morgan fingerprint density at radius 1 is 1.50 bits per heavy atom. The summed E-state index contributed by atoms with van der Waals surface area (Å²) in [7, 11) is 0. The third-order valence-electron chi connectivity index (χ3n) is 3.96. The predicted molar refractivity (Wildman–Crippen MR) is 64.0 cm³/mol. The van der Waals surface area contributed by atoms with Crippen LogP contribution in [-0.4, -0.2) is 54.5 Å². The number of nitrogens with two attached hydrogens (primary N) is 1. The van der Waals surface area contributed by atoms with Crippen molar-refractivity contribution in [2.75, 3.05) is 32.7 Å². The van der Waals surface area contributed by atoms with E-state index in [0.717, 1.165) is 19.6 Å². The summed E-state index contributed by atoms with van der Waals surface area (Å²) in [5, 5.41) is 0. The van der Waals surface area contributed by atoms with Crippen molar-refractivity contribution >= 4 is 5.91 Å². The van der Waals surface area contributed by atoms with Gasteiger partial charge in [0.2, 0.25) is 5.91 Å². The van der Waals surface area contributed by atoms with Gasteiger partial charge in [-0.05, 0) is 38.4 Å². The van der Waals surface area contributed by atoms with E-state index in [2.05, 4.69) is 11.8 Å². The lowest BCUT2D eigenvalue weighted by atomic mass is 10.1. The summed E-state index contributed by atoms with van der Waals surface area (Å²) in [5.74, 6) is 0.697.